The second kappa shape index (κ2) is 4.80. The van der Waals surface area contributed by atoms with Gasteiger partial charge in [0.1, 0.15) is 5.82 Å². The lowest BCUT2D eigenvalue weighted by atomic mass is 10.3. The van der Waals surface area contributed by atoms with Crippen molar-refractivity contribution in [2.24, 2.45) is 0 Å². The van der Waals surface area contributed by atoms with Crippen molar-refractivity contribution in [1.82, 2.24) is 19.5 Å². The Kier molecular flexibility index (Phi) is 2.99. The van der Waals surface area contributed by atoms with Crippen molar-refractivity contribution in [3.63, 3.8) is 0 Å². The summed E-state index contributed by atoms with van der Waals surface area (Å²) in [6.07, 6.45) is 5.79. The number of benzene rings is 1. The second-order valence-electron chi connectivity index (χ2n) is 4.58. The zero-order valence-corrected chi connectivity index (χ0v) is 11.2. The second-order valence-corrected chi connectivity index (χ2v) is 4.58. The van der Waals surface area contributed by atoms with Crippen LogP contribution in [0, 0.1) is 6.92 Å². The Hall–Kier alpha value is -2.23. The fourth-order valence-corrected chi connectivity index (χ4v) is 2.24. The van der Waals surface area contributed by atoms with E-state index in [1.165, 1.54) is 0 Å². The molecule has 0 saturated carbocycles. The molecule has 2 aromatic heterocycles. The van der Waals surface area contributed by atoms with Gasteiger partial charge in [-0.05, 0) is 25.5 Å². The molecule has 96 valence electrons. The number of nitrogens with zero attached hydrogens (tertiary/aromatic N) is 4. The van der Waals surface area contributed by atoms with E-state index < -0.39 is 0 Å². The largest absolute Gasteiger partial charge is 0.286 e. The van der Waals surface area contributed by atoms with Crippen molar-refractivity contribution in [3.05, 3.63) is 48.2 Å². The maximum atomic E-state index is 4.72. The van der Waals surface area contributed by atoms with Crippen LogP contribution in [0.15, 0.2) is 36.7 Å². The lowest BCUT2D eigenvalue weighted by Gasteiger charge is -2.10. The third-order valence-corrected chi connectivity index (χ3v) is 3.14. The summed E-state index contributed by atoms with van der Waals surface area (Å²) in [5.41, 5.74) is 2.77. The third-order valence-electron chi connectivity index (χ3n) is 3.14. The normalized spacial score (nSPS) is 11.1. The van der Waals surface area contributed by atoms with E-state index in [4.69, 9.17) is 4.98 Å². The monoisotopic (exact) mass is 252 g/mol. The average Bonchev–Trinajstić information content (AvgIpc) is 2.86. The van der Waals surface area contributed by atoms with Gasteiger partial charge in [-0.15, -0.1) is 0 Å². The third kappa shape index (κ3) is 2.10. The van der Waals surface area contributed by atoms with Gasteiger partial charge >= 0.3 is 0 Å². The van der Waals surface area contributed by atoms with Crippen molar-refractivity contribution in [2.45, 2.75) is 26.7 Å². The van der Waals surface area contributed by atoms with Gasteiger partial charge in [-0.3, -0.25) is 4.57 Å². The highest BCUT2D eigenvalue weighted by atomic mass is 15.1. The maximum Gasteiger partial charge on any atom is 0.160 e. The predicted molar refractivity (Wildman–Crippen MR) is 75.4 cm³/mol. The van der Waals surface area contributed by atoms with Crippen LogP contribution in [0.5, 0.6) is 0 Å². The SMILES string of the molecule is CCCc1nccn1-c1nc2ccccc2nc1C. The van der Waals surface area contributed by atoms with E-state index in [-0.39, 0.29) is 0 Å². The topological polar surface area (TPSA) is 43.6 Å². The summed E-state index contributed by atoms with van der Waals surface area (Å²) in [5, 5.41) is 0. The Balaban J connectivity index is 2.18. The zero-order valence-electron chi connectivity index (χ0n) is 11.2. The quantitative estimate of drug-likeness (QED) is 0.719. The fourth-order valence-electron chi connectivity index (χ4n) is 2.24. The van der Waals surface area contributed by atoms with E-state index >= 15 is 0 Å². The summed E-state index contributed by atoms with van der Waals surface area (Å²) in [6.45, 7) is 4.14. The predicted octanol–water partition coefficient (Wildman–Crippen LogP) is 3.08. The highest BCUT2D eigenvalue weighted by molar-refractivity contribution is 5.75. The average molecular weight is 252 g/mol. The molecule has 0 N–H and O–H groups in total. The molecule has 3 rings (SSSR count). The minimum absolute atomic E-state index is 0.875. The first-order valence-electron chi connectivity index (χ1n) is 6.55. The number of para-hydroxylation sites is 2. The molecule has 0 fully saturated rings. The number of aryl methyl sites for hydroxylation is 2. The van der Waals surface area contributed by atoms with Crippen molar-refractivity contribution in [1.29, 1.82) is 0 Å². The number of hydrogen-bond donors (Lipinski definition) is 0. The smallest absolute Gasteiger partial charge is 0.160 e. The molecule has 4 nitrogen and oxygen atoms in total. The molecule has 0 spiro atoms. The number of aromatic nitrogens is 4. The standard InChI is InChI=1S/C15H16N4/c1-3-6-14-16-9-10-19(14)15-11(2)17-12-7-4-5-8-13(12)18-15/h4-5,7-10H,3,6H2,1-2H3. The van der Waals surface area contributed by atoms with Crippen LogP contribution in [0.4, 0.5) is 0 Å². The van der Waals surface area contributed by atoms with Crippen LogP contribution in [0.1, 0.15) is 24.9 Å². The van der Waals surface area contributed by atoms with Gasteiger partial charge in [0.25, 0.3) is 0 Å². The zero-order chi connectivity index (χ0) is 13.2. The Bertz CT molecular complexity index is 715. The number of rotatable bonds is 3. The molecule has 0 atom stereocenters. The molecule has 0 amide bonds. The van der Waals surface area contributed by atoms with Gasteiger partial charge in [0, 0.05) is 18.8 Å². The van der Waals surface area contributed by atoms with Crippen molar-refractivity contribution in [2.75, 3.05) is 0 Å². The molecule has 1 aromatic carbocycles. The van der Waals surface area contributed by atoms with E-state index in [2.05, 4.69) is 16.9 Å². The first-order valence-corrected chi connectivity index (χ1v) is 6.55. The number of hydrogen-bond acceptors (Lipinski definition) is 3. The Morgan fingerprint density at radius 2 is 1.84 bits per heavy atom. The minimum atomic E-state index is 0.875. The lowest BCUT2D eigenvalue weighted by molar-refractivity contribution is 0.793. The van der Waals surface area contributed by atoms with E-state index in [0.29, 0.717) is 0 Å². The van der Waals surface area contributed by atoms with Crippen molar-refractivity contribution >= 4 is 11.0 Å². The van der Waals surface area contributed by atoms with E-state index in [1.54, 1.807) is 0 Å². The molecule has 0 saturated heterocycles. The highest BCUT2D eigenvalue weighted by Crippen LogP contribution is 2.17. The van der Waals surface area contributed by atoms with Gasteiger partial charge in [-0.25, -0.2) is 15.0 Å². The van der Waals surface area contributed by atoms with Crippen LogP contribution < -0.4 is 0 Å². The lowest BCUT2D eigenvalue weighted by Crippen LogP contribution is -2.06. The summed E-state index contributed by atoms with van der Waals surface area (Å²) >= 11 is 0. The summed E-state index contributed by atoms with van der Waals surface area (Å²) < 4.78 is 2.04. The summed E-state index contributed by atoms with van der Waals surface area (Å²) in [7, 11) is 0. The minimum Gasteiger partial charge on any atom is -0.286 e. The van der Waals surface area contributed by atoms with Crippen LogP contribution >= 0.6 is 0 Å². The van der Waals surface area contributed by atoms with Gasteiger partial charge in [-0.1, -0.05) is 19.1 Å². The summed E-state index contributed by atoms with van der Waals surface area (Å²) in [6, 6.07) is 7.94. The molecular weight excluding hydrogens is 236 g/mol. The Labute approximate surface area is 112 Å². The van der Waals surface area contributed by atoms with Crippen LogP contribution in [-0.4, -0.2) is 19.5 Å². The summed E-state index contributed by atoms with van der Waals surface area (Å²) in [4.78, 5) is 13.7. The van der Waals surface area contributed by atoms with Crippen LogP contribution in [0.25, 0.3) is 16.9 Å². The molecule has 0 bridgehead atoms. The first kappa shape index (κ1) is 11.8. The Morgan fingerprint density at radius 1 is 1.11 bits per heavy atom. The Morgan fingerprint density at radius 3 is 2.58 bits per heavy atom. The molecule has 0 aliphatic carbocycles. The van der Waals surface area contributed by atoms with Crippen LogP contribution in [-0.2, 0) is 6.42 Å². The van der Waals surface area contributed by atoms with E-state index in [9.17, 15) is 0 Å². The van der Waals surface area contributed by atoms with Gasteiger partial charge < -0.3 is 0 Å². The molecule has 19 heavy (non-hydrogen) atoms. The van der Waals surface area contributed by atoms with Crippen molar-refractivity contribution < 1.29 is 0 Å². The highest BCUT2D eigenvalue weighted by Gasteiger charge is 2.10. The van der Waals surface area contributed by atoms with E-state index in [1.807, 2.05) is 48.1 Å². The number of imidazole rings is 1. The molecule has 0 unspecified atom stereocenters. The molecular formula is C15H16N4. The molecule has 3 aromatic rings. The van der Waals surface area contributed by atoms with Crippen LogP contribution in [0.2, 0.25) is 0 Å². The molecule has 0 radical (unpaired) electrons. The van der Waals surface area contributed by atoms with Gasteiger partial charge in [0.05, 0.1) is 16.7 Å². The van der Waals surface area contributed by atoms with Gasteiger partial charge in [0.2, 0.25) is 0 Å². The van der Waals surface area contributed by atoms with Gasteiger partial charge in [-0.2, -0.15) is 0 Å². The van der Waals surface area contributed by atoms with Gasteiger partial charge in [0.15, 0.2) is 5.82 Å². The van der Waals surface area contributed by atoms with Crippen molar-refractivity contribution in [3.8, 4) is 5.82 Å². The van der Waals surface area contributed by atoms with E-state index in [0.717, 1.165) is 41.2 Å². The fraction of sp³-hybridized carbons (Fsp3) is 0.267. The summed E-state index contributed by atoms with van der Waals surface area (Å²) in [5.74, 6) is 1.91. The maximum absolute atomic E-state index is 4.72. The molecule has 4 heteroatoms. The first-order chi connectivity index (χ1) is 9.29. The molecule has 2 heterocycles. The number of fused-ring (bicyclic) bond motifs is 1. The van der Waals surface area contributed by atoms with Crippen LogP contribution in [0.3, 0.4) is 0 Å². The molecule has 0 aliphatic heterocycles. The molecule has 0 aliphatic rings.